The van der Waals surface area contributed by atoms with Crippen LogP contribution in [0.15, 0.2) is 14.4 Å². The Balaban J connectivity index is 2.19. The standard InChI is InChI=1S/C18H29NO4/c1-3-4-5-6-7-8-9-10-11-12-13-19(2)14-15(20)17(22)18(23)16(14)21/h20H,3-13H2,1-2H3. The van der Waals surface area contributed by atoms with E-state index in [9.17, 15) is 19.5 Å². The van der Waals surface area contributed by atoms with Gasteiger partial charge < -0.3 is 10.0 Å². The molecule has 0 saturated heterocycles. The van der Waals surface area contributed by atoms with Crippen LogP contribution in [-0.2, 0) is 0 Å². The molecular formula is C18H29NO4. The maximum absolute atomic E-state index is 11.6. The van der Waals surface area contributed by atoms with Gasteiger partial charge >= 0.3 is 0 Å². The summed E-state index contributed by atoms with van der Waals surface area (Å²) in [6, 6.07) is 0. The Morgan fingerprint density at radius 3 is 1.65 bits per heavy atom. The molecule has 5 heteroatoms. The Kier molecular flexibility index (Phi) is 8.59. The molecule has 0 unspecified atom stereocenters. The fourth-order valence-corrected chi connectivity index (χ4v) is 2.84. The molecule has 0 aliphatic heterocycles. The minimum atomic E-state index is -1.13. The highest BCUT2D eigenvalue weighted by Gasteiger charge is 2.21. The summed E-state index contributed by atoms with van der Waals surface area (Å²) >= 11 is 0. The van der Waals surface area contributed by atoms with Gasteiger partial charge in [0.05, 0.1) is 0 Å². The van der Waals surface area contributed by atoms with Crippen molar-refractivity contribution in [2.24, 2.45) is 0 Å². The molecule has 0 amide bonds. The van der Waals surface area contributed by atoms with Gasteiger partial charge in [-0.05, 0) is 6.42 Å². The van der Waals surface area contributed by atoms with Gasteiger partial charge in [-0.2, -0.15) is 0 Å². The number of rotatable bonds is 12. The molecule has 0 aromatic heterocycles. The van der Waals surface area contributed by atoms with Crippen LogP contribution in [0.1, 0.15) is 71.1 Å². The zero-order valence-corrected chi connectivity index (χ0v) is 14.4. The maximum Gasteiger partial charge on any atom is 0.279 e. The molecule has 0 aliphatic rings. The number of unbranched alkanes of at least 4 members (excludes halogenated alkanes) is 9. The van der Waals surface area contributed by atoms with Gasteiger partial charge in [0.25, 0.3) is 16.3 Å². The van der Waals surface area contributed by atoms with Crippen molar-refractivity contribution in [2.45, 2.75) is 71.1 Å². The van der Waals surface area contributed by atoms with Crippen molar-refractivity contribution in [3.05, 3.63) is 30.7 Å². The van der Waals surface area contributed by atoms with Gasteiger partial charge in [-0.15, -0.1) is 0 Å². The number of aromatic hydroxyl groups is 1. The van der Waals surface area contributed by atoms with E-state index >= 15 is 0 Å². The van der Waals surface area contributed by atoms with Crippen molar-refractivity contribution in [2.75, 3.05) is 18.5 Å². The van der Waals surface area contributed by atoms with Crippen molar-refractivity contribution in [3.8, 4) is 5.75 Å². The van der Waals surface area contributed by atoms with Gasteiger partial charge in [0, 0.05) is 13.6 Å². The summed E-state index contributed by atoms with van der Waals surface area (Å²) in [6.07, 6.45) is 12.1. The lowest BCUT2D eigenvalue weighted by atomic mass is 10.1. The van der Waals surface area contributed by atoms with Crippen molar-refractivity contribution in [1.29, 1.82) is 0 Å². The fraction of sp³-hybridized carbons (Fsp3) is 0.722. The van der Waals surface area contributed by atoms with E-state index in [1.54, 1.807) is 7.05 Å². The molecule has 0 spiro atoms. The molecule has 0 atom stereocenters. The second-order valence-electron chi connectivity index (χ2n) is 6.29. The Morgan fingerprint density at radius 1 is 0.739 bits per heavy atom. The minimum Gasteiger partial charge on any atom is -0.502 e. The molecule has 5 nitrogen and oxygen atoms in total. The molecule has 0 saturated carbocycles. The highest BCUT2D eigenvalue weighted by Crippen LogP contribution is 2.17. The number of hydrogen-bond acceptors (Lipinski definition) is 5. The third kappa shape index (κ3) is 5.81. The summed E-state index contributed by atoms with van der Waals surface area (Å²) in [6.45, 7) is 2.78. The summed E-state index contributed by atoms with van der Waals surface area (Å²) in [7, 11) is 1.63. The van der Waals surface area contributed by atoms with E-state index < -0.39 is 22.0 Å². The third-order valence-electron chi connectivity index (χ3n) is 4.30. The Labute approximate surface area is 137 Å². The highest BCUT2D eigenvalue weighted by molar-refractivity contribution is 5.58. The minimum absolute atomic E-state index is 0.143. The lowest BCUT2D eigenvalue weighted by Gasteiger charge is -2.16. The van der Waals surface area contributed by atoms with Crippen LogP contribution < -0.4 is 21.2 Å². The van der Waals surface area contributed by atoms with Gasteiger partial charge in [0.2, 0.25) is 0 Å². The van der Waals surface area contributed by atoms with Crippen molar-refractivity contribution >= 4 is 5.69 Å². The van der Waals surface area contributed by atoms with Gasteiger partial charge in [-0.3, -0.25) is 14.4 Å². The first kappa shape index (κ1) is 19.4. The molecular weight excluding hydrogens is 294 g/mol. The van der Waals surface area contributed by atoms with Crippen molar-refractivity contribution in [3.63, 3.8) is 0 Å². The normalized spacial score (nSPS) is 11.0. The summed E-state index contributed by atoms with van der Waals surface area (Å²) in [5.41, 5.74) is -3.25. The Bertz CT molecular complexity index is 602. The number of nitrogens with zero attached hydrogens (tertiary/aromatic N) is 1. The molecule has 1 rings (SSSR count). The van der Waals surface area contributed by atoms with E-state index in [0.717, 1.165) is 19.3 Å². The predicted molar refractivity (Wildman–Crippen MR) is 94.4 cm³/mol. The molecule has 130 valence electrons. The summed E-state index contributed by atoms with van der Waals surface area (Å²) in [5.74, 6) is -0.699. The smallest absolute Gasteiger partial charge is 0.279 e. The lowest BCUT2D eigenvalue weighted by molar-refractivity contribution is 0.471. The first-order valence-corrected chi connectivity index (χ1v) is 8.78. The summed E-state index contributed by atoms with van der Waals surface area (Å²) < 4.78 is 0. The highest BCUT2D eigenvalue weighted by atomic mass is 16.3. The van der Waals surface area contributed by atoms with Crippen LogP contribution in [0, 0.1) is 0 Å². The van der Waals surface area contributed by atoms with E-state index in [1.807, 2.05) is 0 Å². The van der Waals surface area contributed by atoms with Crippen LogP contribution in [0.25, 0.3) is 0 Å². The molecule has 23 heavy (non-hydrogen) atoms. The monoisotopic (exact) mass is 323 g/mol. The third-order valence-corrected chi connectivity index (χ3v) is 4.30. The van der Waals surface area contributed by atoms with E-state index in [2.05, 4.69) is 6.92 Å². The van der Waals surface area contributed by atoms with E-state index in [-0.39, 0.29) is 5.69 Å². The Morgan fingerprint density at radius 2 is 1.22 bits per heavy atom. The summed E-state index contributed by atoms with van der Waals surface area (Å²) in [5, 5.41) is 9.58. The van der Waals surface area contributed by atoms with Crippen LogP contribution in [0.5, 0.6) is 5.75 Å². The second kappa shape index (κ2) is 10.2. The molecule has 1 N–H and O–H groups in total. The number of hydrogen-bond donors (Lipinski definition) is 1. The van der Waals surface area contributed by atoms with Gasteiger partial charge in [-0.1, -0.05) is 64.7 Å². The van der Waals surface area contributed by atoms with Gasteiger partial charge in [-0.25, -0.2) is 0 Å². The molecule has 0 aliphatic carbocycles. The average molecular weight is 323 g/mol. The zero-order valence-electron chi connectivity index (χ0n) is 14.4. The molecule has 1 aromatic carbocycles. The SMILES string of the molecule is CCCCCCCCCCCCN(C)c1c(O)c(=O)c(=O)c1=O. The molecule has 0 radical (unpaired) electrons. The van der Waals surface area contributed by atoms with Crippen LogP contribution in [0.3, 0.4) is 0 Å². The average Bonchev–Trinajstić information content (AvgIpc) is 2.72. The lowest BCUT2D eigenvalue weighted by Crippen LogP contribution is -2.32. The fourth-order valence-electron chi connectivity index (χ4n) is 2.84. The molecule has 0 heterocycles. The maximum atomic E-state index is 11.6. The van der Waals surface area contributed by atoms with E-state index in [0.29, 0.717) is 6.54 Å². The Hall–Kier alpha value is -1.65. The van der Waals surface area contributed by atoms with Crippen molar-refractivity contribution in [1.82, 2.24) is 0 Å². The van der Waals surface area contributed by atoms with Crippen molar-refractivity contribution < 1.29 is 5.11 Å². The van der Waals surface area contributed by atoms with Crippen LogP contribution >= 0.6 is 0 Å². The van der Waals surface area contributed by atoms with E-state index in [1.165, 1.54) is 49.8 Å². The van der Waals surface area contributed by atoms with Crippen LogP contribution in [-0.4, -0.2) is 18.7 Å². The number of anilines is 1. The zero-order chi connectivity index (χ0) is 17.2. The first-order valence-electron chi connectivity index (χ1n) is 8.78. The summed E-state index contributed by atoms with van der Waals surface area (Å²) in [4.78, 5) is 35.7. The molecule has 0 fully saturated rings. The first-order chi connectivity index (χ1) is 11.0. The van der Waals surface area contributed by atoms with Crippen LogP contribution in [0.4, 0.5) is 5.69 Å². The second-order valence-corrected chi connectivity index (χ2v) is 6.29. The molecule has 0 bridgehead atoms. The molecule has 1 aromatic rings. The van der Waals surface area contributed by atoms with Gasteiger partial charge in [0.1, 0.15) is 5.69 Å². The topological polar surface area (TPSA) is 74.7 Å². The predicted octanol–water partition coefficient (Wildman–Crippen LogP) is 2.71. The van der Waals surface area contributed by atoms with E-state index in [4.69, 9.17) is 0 Å². The van der Waals surface area contributed by atoms with Crippen LogP contribution in [0.2, 0.25) is 0 Å². The van der Waals surface area contributed by atoms with Gasteiger partial charge in [0.15, 0.2) is 5.75 Å². The quantitative estimate of drug-likeness (QED) is 0.473. The largest absolute Gasteiger partial charge is 0.502 e.